The Morgan fingerprint density at radius 3 is 2.81 bits per heavy atom. The maximum atomic E-state index is 12.7. The maximum Gasteiger partial charge on any atom is 0.451 e. The summed E-state index contributed by atoms with van der Waals surface area (Å²) in [5.74, 6) is -1.12. The molecule has 1 aromatic heterocycles. The molecule has 0 fully saturated rings. The Morgan fingerprint density at radius 2 is 2.14 bits per heavy atom. The van der Waals surface area contributed by atoms with Crippen molar-refractivity contribution in [3.05, 3.63) is 23.8 Å². The molecule has 9 heteroatoms. The van der Waals surface area contributed by atoms with E-state index in [1.807, 2.05) is 4.90 Å². The molecule has 1 aliphatic rings. The van der Waals surface area contributed by atoms with E-state index in [0.29, 0.717) is 19.7 Å². The summed E-state index contributed by atoms with van der Waals surface area (Å²) in [6.07, 6.45) is -1.56. The number of fused-ring (bicyclic) bond motifs is 1. The summed E-state index contributed by atoms with van der Waals surface area (Å²) in [4.78, 5) is 13.0. The third kappa shape index (κ3) is 3.81. The first kappa shape index (κ1) is 15.5. The lowest BCUT2D eigenvalue weighted by molar-refractivity contribution is -0.148. The minimum absolute atomic E-state index is 0.171. The number of ether oxygens (including phenoxy) is 1. The number of aromatic nitrogens is 3. The first-order valence-corrected chi connectivity index (χ1v) is 6.46. The van der Waals surface area contributed by atoms with Gasteiger partial charge in [-0.15, -0.1) is 10.2 Å². The third-order valence-electron chi connectivity index (χ3n) is 2.99. The van der Waals surface area contributed by atoms with Crippen LogP contribution in [0, 0.1) is 0 Å². The first-order chi connectivity index (χ1) is 9.91. The van der Waals surface area contributed by atoms with E-state index in [4.69, 9.17) is 4.74 Å². The SMILES string of the molecule is CCOC(=O)/C=C/CN1CCn2c(nnc2C(F)(F)F)C1. The molecule has 116 valence electrons. The van der Waals surface area contributed by atoms with Gasteiger partial charge in [-0.25, -0.2) is 4.79 Å². The van der Waals surface area contributed by atoms with Crippen molar-refractivity contribution in [1.29, 1.82) is 0 Å². The Bertz CT molecular complexity index is 539. The number of halogens is 3. The van der Waals surface area contributed by atoms with E-state index in [9.17, 15) is 18.0 Å². The van der Waals surface area contributed by atoms with E-state index in [2.05, 4.69) is 10.2 Å². The lowest BCUT2D eigenvalue weighted by atomic mass is 10.3. The van der Waals surface area contributed by atoms with Crippen LogP contribution in [0.1, 0.15) is 18.6 Å². The lowest BCUT2D eigenvalue weighted by Gasteiger charge is -2.26. The molecule has 2 heterocycles. The second kappa shape index (κ2) is 6.25. The Balaban J connectivity index is 1.95. The van der Waals surface area contributed by atoms with Gasteiger partial charge in [0, 0.05) is 25.7 Å². The molecule has 1 aromatic rings. The Kier molecular flexibility index (Phi) is 4.61. The second-order valence-electron chi connectivity index (χ2n) is 4.48. The van der Waals surface area contributed by atoms with Gasteiger partial charge in [0.2, 0.25) is 5.82 Å². The lowest BCUT2D eigenvalue weighted by Crippen LogP contribution is -2.35. The Hall–Kier alpha value is -1.90. The number of esters is 1. The highest BCUT2D eigenvalue weighted by molar-refractivity contribution is 5.81. The average Bonchev–Trinajstić information content (AvgIpc) is 2.82. The van der Waals surface area contributed by atoms with E-state index in [1.165, 1.54) is 6.08 Å². The minimum Gasteiger partial charge on any atom is -0.463 e. The molecule has 0 bridgehead atoms. The van der Waals surface area contributed by atoms with Crippen molar-refractivity contribution in [2.75, 3.05) is 19.7 Å². The van der Waals surface area contributed by atoms with E-state index < -0.39 is 18.0 Å². The largest absolute Gasteiger partial charge is 0.463 e. The van der Waals surface area contributed by atoms with Gasteiger partial charge in [-0.3, -0.25) is 4.90 Å². The highest BCUT2D eigenvalue weighted by Gasteiger charge is 2.39. The number of alkyl halides is 3. The number of rotatable bonds is 4. The summed E-state index contributed by atoms with van der Waals surface area (Å²) in [5, 5.41) is 6.79. The zero-order valence-electron chi connectivity index (χ0n) is 11.4. The van der Waals surface area contributed by atoms with Crippen molar-refractivity contribution in [2.45, 2.75) is 26.2 Å². The first-order valence-electron chi connectivity index (χ1n) is 6.46. The molecule has 0 atom stereocenters. The van der Waals surface area contributed by atoms with Crippen LogP contribution < -0.4 is 0 Å². The highest BCUT2D eigenvalue weighted by Crippen LogP contribution is 2.29. The predicted molar refractivity (Wildman–Crippen MR) is 66.1 cm³/mol. The summed E-state index contributed by atoms with van der Waals surface area (Å²) < 4.78 is 43.8. The van der Waals surface area contributed by atoms with E-state index in [-0.39, 0.29) is 18.9 Å². The predicted octanol–water partition coefficient (Wildman–Crippen LogP) is 1.23. The van der Waals surface area contributed by atoms with Crippen molar-refractivity contribution in [3.63, 3.8) is 0 Å². The molecule has 0 saturated heterocycles. The fourth-order valence-electron chi connectivity index (χ4n) is 2.06. The second-order valence-corrected chi connectivity index (χ2v) is 4.48. The summed E-state index contributed by atoms with van der Waals surface area (Å²) in [7, 11) is 0. The molecule has 0 aromatic carbocycles. The molecule has 0 N–H and O–H groups in total. The quantitative estimate of drug-likeness (QED) is 0.618. The van der Waals surface area contributed by atoms with Crippen molar-refractivity contribution in [2.24, 2.45) is 0 Å². The monoisotopic (exact) mass is 304 g/mol. The Morgan fingerprint density at radius 1 is 1.38 bits per heavy atom. The van der Waals surface area contributed by atoms with Crippen molar-refractivity contribution in [3.8, 4) is 0 Å². The molecule has 0 spiro atoms. The summed E-state index contributed by atoms with van der Waals surface area (Å²) in [6, 6.07) is 0. The zero-order chi connectivity index (χ0) is 15.5. The van der Waals surface area contributed by atoms with Crippen LogP contribution in [0.5, 0.6) is 0 Å². The molecule has 0 aliphatic carbocycles. The van der Waals surface area contributed by atoms with Crippen LogP contribution in [-0.2, 0) is 28.8 Å². The summed E-state index contributed by atoms with van der Waals surface area (Å²) in [5.41, 5.74) is 0. The van der Waals surface area contributed by atoms with Gasteiger partial charge in [0.05, 0.1) is 13.2 Å². The van der Waals surface area contributed by atoms with Crippen LogP contribution in [-0.4, -0.2) is 45.3 Å². The van der Waals surface area contributed by atoms with E-state index in [0.717, 1.165) is 4.57 Å². The van der Waals surface area contributed by atoms with Crippen LogP contribution in [0.3, 0.4) is 0 Å². The van der Waals surface area contributed by atoms with Crippen LogP contribution >= 0.6 is 0 Å². The van der Waals surface area contributed by atoms with Gasteiger partial charge in [0.1, 0.15) is 5.82 Å². The molecular formula is C12H15F3N4O2. The standard InChI is InChI=1S/C12H15F3N4O2/c1-2-21-10(20)4-3-5-18-6-7-19-9(8-18)16-17-11(19)12(13,14)15/h3-4H,2,5-8H2,1H3/b4-3+. The molecule has 1 aliphatic heterocycles. The molecule has 0 radical (unpaired) electrons. The Labute approximate surface area is 119 Å². The molecule has 0 unspecified atom stereocenters. The average molecular weight is 304 g/mol. The van der Waals surface area contributed by atoms with Gasteiger partial charge in [-0.05, 0) is 6.92 Å². The fraction of sp³-hybridized carbons (Fsp3) is 0.583. The summed E-state index contributed by atoms with van der Waals surface area (Å²) >= 11 is 0. The van der Waals surface area contributed by atoms with Gasteiger partial charge < -0.3 is 9.30 Å². The maximum absolute atomic E-state index is 12.7. The number of nitrogens with zero attached hydrogens (tertiary/aromatic N) is 4. The van der Waals surface area contributed by atoms with Gasteiger partial charge >= 0.3 is 12.1 Å². The number of carbonyl (C=O) groups excluding carboxylic acids is 1. The number of hydrogen-bond donors (Lipinski definition) is 0. The molecule has 0 amide bonds. The van der Waals surface area contributed by atoms with Gasteiger partial charge in [0.25, 0.3) is 0 Å². The minimum atomic E-state index is -4.49. The number of carbonyl (C=O) groups is 1. The van der Waals surface area contributed by atoms with E-state index in [1.54, 1.807) is 13.0 Å². The smallest absolute Gasteiger partial charge is 0.451 e. The molecular weight excluding hydrogens is 289 g/mol. The van der Waals surface area contributed by atoms with Crippen LogP contribution in [0.4, 0.5) is 13.2 Å². The van der Waals surface area contributed by atoms with Crippen LogP contribution in [0.2, 0.25) is 0 Å². The normalized spacial score (nSPS) is 16.2. The van der Waals surface area contributed by atoms with Gasteiger partial charge in [-0.2, -0.15) is 13.2 Å². The topological polar surface area (TPSA) is 60.2 Å². The molecule has 0 saturated carbocycles. The molecule has 21 heavy (non-hydrogen) atoms. The van der Waals surface area contributed by atoms with Gasteiger partial charge in [-0.1, -0.05) is 6.08 Å². The molecule has 2 rings (SSSR count). The third-order valence-corrected chi connectivity index (χ3v) is 2.99. The summed E-state index contributed by atoms with van der Waals surface area (Å²) in [6.45, 7) is 3.31. The molecule has 6 nitrogen and oxygen atoms in total. The van der Waals surface area contributed by atoms with E-state index >= 15 is 0 Å². The van der Waals surface area contributed by atoms with Crippen molar-refractivity contribution in [1.82, 2.24) is 19.7 Å². The fourth-order valence-corrected chi connectivity index (χ4v) is 2.06. The zero-order valence-corrected chi connectivity index (χ0v) is 11.4. The highest BCUT2D eigenvalue weighted by atomic mass is 19.4. The van der Waals surface area contributed by atoms with Crippen LogP contribution in [0.15, 0.2) is 12.2 Å². The van der Waals surface area contributed by atoms with Crippen molar-refractivity contribution < 1.29 is 22.7 Å². The number of hydrogen-bond acceptors (Lipinski definition) is 5. The van der Waals surface area contributed by atoms with Gasteiger partial charge in [0.15, 0.2) is 0 Å². The van der Waals surface area contributed by atoms with Crippen molar-refractivity contribution >= 4 is 5.97 Å². The van der Waals surface area contributed by atoms with Crippen LogP contribution in [0.25, 0.3) is 0 Å².